The van der Waals surface area contributed by atoms with Gasteiger partial charge in [-0.1, -0.05) is 6.07 Å². The molecule has 0 bridgehead atoms. The molecule has 0 unspecified atom stereocenters. The van der Waals surface area contributed by atoms with Crippen LogP contribution in [0.3, 0.4) is 0 Å². The molecule has 0 saturated heterocycles. The Bertz CT molecular complexity index is 711. The first-order chi connectivity index (χ1) is 10.2. The number of aromatic nitrogens is 1. The molecule has 1 aromatic carbocycles. The molecule has 0 aliphatic heterocycles. The highest BCUT2D eigenvalue weighted by molar-refractivity contribution is 5.86. The van der Waals surface area contributed by atoms with E-state index in [0.717, 1.165) is 42.5 Å². The van der Waals surface area contributed by atoms with E-state index in [1.54, 1.807) is 6.07 Å². The number of aliphatic hydroxyl groups excluding tert-OH is 1. The van der Waals surface area contributed by atoms with Crippen molar-refractivity contribution in [1.29, 1.82) is 0 Å². The molecule has 0 amide bonds. The topological polar surface area (TPSA) is 65.1 Å². The summed E-state index contributed by atoms with van der Waals surface area (Å²) in [5.41, 5.74) is 1.81. The fourth-order valence-electron chi connectivity index (χ4n) is 3.16. The third-order valence-electron chi connectivity index (χ3n) is 4.10. The summed E-state index contributed by atoms with van der Waals surface area (Å²) < 4.78 is 13.4. The van der Waals surface area contributed by atoms with Gasteiger partial charge in [0.2, 0.25) is 0 Å². The molecular formula is C16H19FN2O2. The van der Waals surface area contributed by atoms with Crippen LogP contribution in [0, 0.1) is 5.82 Å². The number of hydrogen-bond donors (Lipinski definition) is 3. The standard InChI is InChI=1S/C16H19FN2O2/c17-10-5-6-11-12(9-10)16(21)19-14-4-1-3-13(15(11)14)18-7-2-8-20/h5-6,9,13,18,20H,1-4,7-8H2,(H,19,21)/t13-/m1/s1. The van der Waals surface area contributed by atoms with Gasteiger partial charge in [-0.15, -0.1) is 0 Å². The van der Waals surface area contributed by atoms with E-state index in [1.807, 2.05) is 0 Å². The molecule has 4 nitrogen and oxygen atoms in total. The van der Waals surface area contributed by atoms with E-state index in [-0.39, 0.29) is 18.2 Å². The molecule has 3 rings (SSSR count). The van der Waals surface area contributed by atoms with Crippen LogP contribution in [0.25, 0.3) is 10.8 Å². The highest BCUT2D eigenvalue weighted by atomic mass is 19.1. The van der Waals surface area contributed by atoms with Crippen LogP contribution in [0.5, 0.6) is 0 Å². The van der Waals surface area contributed by atoms with Crippen molar-refractivity contribution in [2.75, 3.05) is 13.2 Å². The van der Waals surface area contributed by atoms with Gasteiger partial charge in [-0.25, -0.2) is 4.39 Å². The van der Waals surface area contributed by atoms with Gasteiger partial charge in [0.1, 0.15) is 5.82 Å². The first kappa shape index (κ1) is 14.2. The Hall–Kier alpha value is -1.72. The third kappa shape index (κ3) is 2.71. The fourth-order valence-corrected chi connectivity index (χ4v) is 3.16. The first-order valence-corrected chi connectivity index (χ1v) is 7.39. The minimum Gasteiger partial charge on any atom is -0.396 e. The Morgan fingerprint density at radius 2 is 2.24 bits per heavy atom. The monoisotopic (exact) mass is 290 g/mol. The molecule has 0 fully saturated rings. The lowest BCUT2D eigenvalue weighted by molar-refractivity contribution is 0.281. The van der Waals surface area contributed by atoms with Crippen LogP contribution in [-0.2, 0) is 6.42 Å². The van der Waals surface area contributed by atoms with Crippen molar-refractivity contribution in [3.05, 3.63) is 45.6 Å². The quantitative estimate of drug-likeness (QED) is 0.755. The number of rotatable bonds is 4. The number of halogens is 1. The number of hydrogen-bond acceptors (Lipinski definition) is 3. The van der Waals surface area contributed by atoms with Crippen molar-refractivity contribution in [2.45, 2.75) is 31.7 Å². The summed E-state index contributed by atoms with van der Waals surface area (Å²) in [6.07, 6.45) is 3.53. The van der Waals surface area contributed by atoms with Gasteiger partial charge in [0.05, 0.1) is 5.39 Å². The predicted molar refractivity (Wildman–Crippen MR) is 79.9 cm³/mol. The van der Waals surface area contributed by atoms with Crippen LogP contribution >= 0.6 is 0 Å². The number of nitrogens with one attached hydrogen (secondary N) is 2. The largest absolute Gasteiger partial charge is 0.396 e. The van der Waals surface area contributed by atoms with Crippen molar-refractivity contribution >= 4 is 10.8 Å². The van der Waals surface area contributed by atoms with Gasteiger partial charge in [0, 0.05) is 18.3 Å². The molecule has 0 radical (unpaired) electrons. The number of H-pyrrole nitrogens is 1. The molecule has 21 heavy (non-hydrogen) atoms. The second kappa shape index (κ2) is 5.95. The molecule has 0 spiro atoms. The number of aromatic amines is 1. The molecule has 112 valence electrons. The van der Waals surface area contributed by atoms with Gasteiger partial charge in [-0.05, 0) is 55.3 Å². The van der Waals surface area contributed by atoms with Gasteiger partial charge in [-0.3, -0.25) is 4.79 Å². The van der Waals surface area contributed by atoms with Crippen LogP contribution in [0.2, 0.25) is 0 Å². The zero-order valence-corrected chi connectivity index (χ0v) is 11.8. The summed E-state index contributed by atoms with van der Waals surface area (Å²) in [6, 6.07) is 4.55. The SMILES string of the molecule is O=c1[nH]c2c(c3ccc(F)cc13)[C@H](NCCCO)CCC2. The minimum absolute atomic E-state index is 0.144. The van der Waals surface area contributed by atoms with Crippen LogP contribution < -0.4 is 10.9 Å². The van der Waals surface area contributed by atoms with E-state index in [2.05, 4.69) is 10.3 Å². The van der Waals surface area contributed by atoms with E-state index in [9.17, 15) is 9.18 Å². The fraction of sp³-hybridized carbons (Fsp3) is 0.438. The van der Waals surface area contributed by atoms with E-state index < -0.39 is 5.82 Å². The molecule has 1 aliphatic rings. The molecule has 1 aromatic heterocycles. The van der Waals surface area contributed by atoms with Crippen LogP contribution in [0.15, 0.2) is 23.0 Å². The highest BCUT2D eigenvalue weighted by Gasteiger charge is 2.23. The second-order valence-electron chi connectivity index (χ2n) is 5.51. The van der Waals surface area contributed by atoms with Crippen molar-refractivity contribution in [3.63, 3.8) is 0 Å². The number of fused-ring (bicyclic) bond motifs is 3. The maximum absolute atomic E-state index is 13.4. The summed E-state index contributed by atoms with van der Waals surface area (Å²) in [5, 5.41) is 13.6. The van der Waals surface area contributed by atoms with Crippen molar-refractivity contribution in [3.8, 4) is 0 Å². The van der Waals surface area contributed by atoms with Crippen molar-refractivity contribution in [1.82, 2.24) is 10.3 Å². The van der Waals surface area contributed by atoms with E-state index in [0.29, 0.717) is 11.8 Å². The zero-order valence-electron chi connectivity index (χ0n) is 11.8. The maximum Gasteiger partial charge on any atom is 0.256 e. The number of aryl methyl sites for hydroxylation is 1. The summed E-state index contributed by atoms with van der Waals surface area (Å²) >= 11 is 0. The van der Waals surface area contributed by atoms with Crippen LogP contribution in [-0.4, -0.2) is 23.2 Å². The lowest BCUT2D eigenvalue weighted by atomic mass is 9.87. The Morgan fingerprint density at radius 1 is 1.38 bits per heavy atom. The highest BCUT2D eigenvalue weighted by Crippen LogP contribution is 2.33. The first-order valence-electron chi connectivity index (χ1n) is 7.39. The van der Waals surface area contributed by atoms with Crippen molar-refractivity contribution in [2.24, 2.45) is 0 Å². The molecule has 1 heterocycles. The Labute approximate surface area is 122 Å². The lowest BCUT2D eigenvalue weighted by Gasteiger charge is -2.27. The third-order valence-corrected chi connectivity index (χ3v) is 4.10. The summed E-state index contributed by atoms with van der Waals surface area (Å²) in [5.74, 6) is -0.395. The molecular weight excluding hydrogens is 271 g/mol. The Balaban J connectivity index is 2.09. The van der Waals surface area contributed by atoms with Crippen LogP contribution in [0.4, 0.5) is 4.39 Å². The second-order valence-corrected chi connectivity index (χ2v) is 5.51. The number of aliphatic hydroxyl groups is 1. The Kier molecular flexibility index (Phi) is 4.03. The number of benzene rings is 1. The van der Waals surface area contributed by atoms with E-state index >= 15 is 0 Å². The smallest absolute Gasteiger partial charge is 0.256 e. The maximum atomic E-state index is 13.4. The zero-order chi connectivity index (χ0) is 14.8. The lowest BCUT2D eigenvalue weighted by Crippen LogP contribution is -2.29. The van der Waals surface area contributed by atoms with Gasteiger partial charge in [-0.2, -0.15) is 0 Å². The summed E-state index contributed by atoms with van der Waals surface area (Å²) in [7, 11) is 0. The number of pyridine rings is 1. The van der Waals surface area contributed by atoms with Gasteiger partial charge >= 0.3 is 0 Å². The molecule has 0 saturated carbocycles. The molecule has 3 N–H and O–H groups in total. The Morgan fingerprint density at radius 3 is 3.05 bits per heavy atom. The van der Waals surface area contributed by atoms with Crippen molar-refractivity contribution < 1.29 is 9.50 Å². The molecule has 2 aromatic rings. The molecule has 5 heteroatoms. The molecule has 1 atom stereocenters. The summed E-state index contributed by atoms with van der Waals surface area (Å²) in [6.45, 7) is 0.882. The average Bonchev–Trinajstić information content (AvgIpc) is 2.48. The predicted octanol–water partition coefficient (Wildman–Crippen LogP) is 2.02. The van der Waals surface area contributed by atoms with Gasteiger partial charge < -0.3 is 15.4 Å². The van der Waals surface area contributed by atoms with E-state index in [1.165, 1.54) is 12.1 Å². The van der Waals surface area contributed by atoms with Crippen LogP contribution in [0.1, 0.15) is 36.6 Å². The average molecular weight is 290 g/mol. The summed E-state index contributed by atoms with van der Waals surface area (Å²) in [4.78, 5) is 15.0. The van der Waals surface area contributed by atoms with Gasteiger partial charge in [0.25, 0.3) is 5.56 Å². The van der Waals surface area contributed by atoms with E-state index in [4.69, 9.17) is 5.11 Å². The normalized spacial score (nSPS) is 17.9. The van der Waals surface area contributed by atoms with Gasteiger partial charge in [0.15, 0.2) is 0 Å². The molecule has 1 aliphatic carbocycles. The minimum atomic E-state index is -0.395.